The van der Waals surface area contributed by atoms with Gasteiger partial charge in [-0.25, -0.2) is 9.78 Å². The van der Waals surface area contributed by atoms with Crippen molar-refractivity contribution in [3.63, 3.8) is 0 Å². The van der Waals surface area contributed by atoms with E-state index in [0.29, 0.717) is 5.82 Å². The lowest BCUT2D eigenvalue weighted by Crippen LogP contribution is -2.40. The minimum Gasteiger partial charge on any atom is -0.304 e. The molecule has 24 heavy (non-hydrogen) atoms. The maximum absolute atomic E-state index is 12.5. The van der Waals surface area contributed by atoms with Crippen LogP contribution in [0.3, 0.4) is 0 Å². The molecule has 3 aromatic rings. The zero-order valence-electron chi connectivity index (χ0n) is 13.6. The molecule has 124 valence electrons. The summed E-state index contributed by atoms with van der Waals surface area (Å²) in [6, 6.07) is 3.03. The molecule has 0 saturated carbocycles. The summed E-state index contributed by atoms with van der Waals surface area (Å²) < 4.78 is 6.29. The van der Waals surface area contributed by atoms with Crippen LogP contribution >= 0.6 is 11.5 Å². The molecular weight excluding hydrogens is 330 g/mol. The molecule has 0 aliphatic rings. The molecule has 0 unspecified atom stereocenters. The van der Waals surface area contributed by atoms with E-state index in [1.165, 1.54) is 25.6 Å². The molecule has 0 aromatic carbocycles. The van der Waals surface area contributed by atoms with Gasteiger partial charge in [0.2, 0.25) is 0 Å². The number of pyridine rings is 1. The van der Waals surface area contributed by atoms with Gasteiger partial charge in [-0.15, -0.1) is 0 Å². The van der Waals surface area contributed by atoms with Crippen LogP contribution in [0, 0.1) is 13.8 Å². The second kappa shape index (κ2) is 5.68. The minimum atomic E-state index is -0.570. The van der Waals surface area contributed by atoms with E-state index < -0.39 is 17.2 Å². The van der Waals surface area contributed by atoms with Crippen molar-refractivity contribution in [2.75, 3.05) is 5.32 Å². The molecule has 1 amide bonds. The van der Waals surface area contributed by atoms with Gasteiger partial charge in [-0.3, -0.25) is 18.7 Å². The third kappa shape index (κ3) is 2.52. The molecule has 0 spiro atoms. The highest BCUT2D eigenvalue weighted by Gasteiger charge is 2.18. The van der Waals surface area contributed by atoms with Crippen LogP contribution in [-0.4, -0.2) is 24.4 Å². The third-order valence-electron chi connectivity index (χ3n) is 3.76. The van der Waals surface area contributed by atoms with Crippen molar-refractivity contribution in [2.45, 2.75) is 13.8 Å². The van der Waals surface area contributed by atoms with Gasteiger partial charge in [0.1, 0.15) is 10.5 Å². The van der Waals surface area contributed by atoms with E-state index in [2.05, 4.69) is 14.7 Å². The number of nitrogens with zero attached hydrogens (tertiary/aromatic N) is 4. The number of anilines is 1. The van der Waals surface area contributed by atoms with Gasteiger partial charge in [0.05, 0.1) is 5.39 Å². The SMILES string of the molecule is Cc1cc(C)c2c(NC(=O)c3cc(=O)n(C)c(=O)n3C)nsc2n1. The number of amides is 1. The maximum Gasteiger partial charge on any atom is 0.331 e. The highest BCUT2D eigenvalue weighted by molar-refractivity contribution is 7.13. The monoisotopic (exact) mass is 345 g/mol. The minimum absolute atomic E-state index is 0.0260. The summed E-state index contributed by atoms with van der Waals surface area (Å²) in [5, 5.41) is 3.43. The van der Waals surface area contributed by atoms with Gasteiger partial charge in [-0.1, -0.05) is 0 Å². The van der Waals surface area contributed by atoms with E-state index in [1.807, 2.05) is 19.9 Å². The Morgan fingerprint density at radius 2 is 1.88 bits per heavy atom. The molecule has 0 aliphatic heterocycles. The summed E-state index contributed by atoms with van der Waals surface area (Å²) in [6.45, 7) is 3.80. The largest absolute Gasteiger partial charge is 0.331 e. The topological polar surface area (TPSA) is 98.9 Å². The molecular formula is C15H15N5O3S. The van der Waals surface area contributed by atoms with Gasteiger partial charge in [-0.2, -0.15) is 4.37 Å². The van der Waals surface area contributed by atoms with Crippen molar-refractivity contribution >= 4 is 33.5 Å². The third-order valence-corrected chi connectivity index (χ3v) is 4.50. The Morgan fingerprint density at radius 3 is 2.58 bits per heavy atom. The van der Waals surface area contributed by atoms with Gasteiger partial charge in [0, 0.05) is 25.9 Å². The van der Waals surface area contributed by atoms with Crippen molar-refractivity contribution in [3.05, 3.63) is 49.9 Å². The standard InChI is InChI=1S/C15H15N5O3S/c1-7-5-8(2)16-14-11(7)12(18-24-14)17-13(22)9-6-10(21)20(4)15(23)19(9)3/h5-6H,1-4H3,(H,17,18,22). The van der Waals surface area contributed by atoms with E-state index in [9.17, 15) is 14.4 Å². The summed E-state index contributed by atoms with van der Waals surface area (Å²) in [4.78, 5) is 41.3. The average molecular weight is 345 g/mol. The van der Waals surface area contributed by atoms with Gasteiger partial charge in [0.15, 0.2) is 5.82 Å². The molecule has 3 aromatic heterocycles. The Labute approximate surface area is 140 Å². The average Bonchev–Trinajstić information content (AvgIpc) is 2.91. The van der Waals surface area contributed by atoms with Crippen molar-refractivity contribution in [3.8, 4) is 0 Å². The van der Waals surface area contributed by atoms with Crippen molar-refractivity contribution in [1.82, 2.24) is 18.5 Å². The first-order valence-corrected chi connectivity index (χ1v) is 7.89. The van der Waals surface area contributed by atoms with Gasteiger partial charge in [-0.05, 0) is 37.0 Å². The molecule has 0 aliphatic carbocycles. The molecule has 0 saturated heterocycles. The number of aryl methyl sites for hydroxylation is 2. The van der Waals surface area contributed by atoms with Crippen LogP contribution < -0.4 is 16.6 Å². The van der Waals surface area contributed by atoms with E-state index >= 15 is 0 Å². The number of fused-ring (bicyclic) bond motifs is 1. The summed E-state index contributed by atoms with van der Waals surface area (Å²) in [5.41, 5.74) is 0.681. The molecule has 3 rings (SSSR count). The Kier molecular flexibility index (Phi) is 3.80. The van der Waals surface area contributed by atoms with Crippen LogP contribution in [0.2, 0.25) is 0 Å². The van der Waals surface area contributed by atoms with Crippen LogP contribution in [0.4, 0.5) is 5.82 Å². The summed E-state index contributed by atoms with van der Waals surface area (Å²) in [5.74, 6) is -0.197. The highest BCUT2D eigenvalue weighted by atomic mass is 32.1. The Hall–Kier alpha value is -2.81. The highest BCUT2D eigenvalue weighted by Crippen LogP contribution is 2.29. The smallest absolute Gasteiger partial charge is 0.304 e. The van der Waals surface area contributed by atoms with Gasteiger partial charge >= 0.3 is 5.69 Å². The first-order valence-electron chi connectivity index (χ1n) is 7.11. The van der Waals surface area contributed by atoms with Crippen LogP contribution in [0.5, 0.6) is 0 Å². The first-order chi connectivity index (χ1) is 11.3. The number of aromatic nitrogens is 4. The fourth-order valence-electron chi connectivity index (χ4n) is 2.50. The van der Waals surface area contributed by atoms with Gasteiger partial charge < -0.3 is 5.32 Å². The van der Waals surface area contributed by atoms with Crippen LogP contribution in [0.1, 0.15) is 21.7 Å². The van der Waals surface area contributed by atoms with Crippen LogP contribution in [-0.2, 0) is 14.1 Å². The predicted octanol–water partition coefficient (Wildman–Crippen LogP) is 0.958. The number of carbonyl (C=O) groups excluding carboxylic acids is 1. The summed E-state index contributed by atoms with van der Waals surface area (Å²) in [6.07, 6.45) is 0. The van der Waals surface area contributed by atoms with E-state index in [-0.39, 0.29) is 5.69 Å². The molecule has 3 heterocycles. The lowest BCUT2D eigenvalue weighted by atomic mass is 10.2. The molecule has 0 fully saturated rings. The summed E-state index contributed by atoms with van der Waals surface area (Å²) in [7, 11) is 2.80. The van der Waals surface area contributed by atoms with Crippen molar-refractivity contribution in [1.29, 1.82) is 0 Å². The molecule has 0 bridgehead atoms. The van der Waals surface area contributed by atoms with Crippen molar-refractivity contribution in [2.24, 2.45) is 14.1 Å². The lowest BCUT2D eigenvalue weighted by molar-refractivity contribution is 0.101. The number of rotatable bonds is 2. The zero-order chi connectivity index (χ0) is 17.6. The van der Waals surface area contributed by atoms with Gasteiger partial charge in [0.25, 0.3) is 11.5 Å². The van der Waals surface area contributed by atoms with E-state index in [1.54, 1.807) is 0 Å². The molecule has 9 heteroatoms. The number of hydrogen-bond donors (Lipinski definition) is 1. The molecule has 8 nitrogen and oxygen atoms in total. The number of nitrogens with one attached hydrogen (secondary N) is 1. The maximum atomic E-state index is 12.5. The van der Waals surface area contributed by atoms with E-state index in [0.717, 1.165) is 36.7 Å². The Balaban J connectivity index is 2.06. The predicted molar refractivity (Wildman–Crippen MR) is 91.8 cm³/mol. The molecule has 0 atom stereocenters. The summed E-state index contributed by atoms with van der Waals surface area (Å²) >= 11 is 1.18. The Bertz CT molecular complexity index is 1090. The second-order valence-electron chi connectivity index (χ2n) is 5.51. The lowest BCUT2D eigenvalue weighted by Gasteiger charge is -2.09. The number of carbonyl (C=O) groups is 1. The zero-order valence-corrected chi connectivity index (χ0v) is 14.4. The van der Waals surface area contributed by atoms with Crippen LogP contribution in [0.25, 0.3) is 10.2 Å². The molecule has 0 radical (unpaired) electrons. The first kappa shape index (κ1) is 16.1. The Morgan fingerprint density at radius 1 is 1.17 bits per heavy atom. The number of hydrogen-bond acceptors (Lipinski definition) is 6. The van der Waals surface area contributed by atoms with Crippen molar-refractivity contribution < 1.29 is 4.79 Å². The fourth-order valence-corrected chi connectivity index (χ4v) is 3.35. The fraction of sp³-hybridized carbons (Fsp3) is 0.267. The molecule has 1 N–H and O–H groups in total. The normalized spacial score (nSPS) is 11.0. The van der Waals surface area contributed by atoms with E-state index in [4.69, 9.17) is 0 Å². The van der Waals surface area contributed by atoms with Crippen LogP contribution in [0.15, 0.2) is 21.7 Å². The second-order valence-corrected chi connectivity index (χ2v) is 6.27. The quantitative estimate of drug-likeness (QED) is 0.746.